The van der Waals surface area contributed by atoms with Gasteiger partial charge in [-0.25, -0.2) is 4.68 Å². The molecule has 2 unspecified atom stereocenters. The fourth-order valence-electron chi connectivity index (χ4n) is 2.41. The van der Waals surface area contributed by atoms with Crippen LogP contribution in [0.25, 0.3) is 0 Å². The van der Waals surface area contributed by atoms with Crippen molar-refractivity contribution in [1.29, 1.82) is 0 Å². The van der Waals surface area contributed by atoms with Crippen molar-refractivity contribution in [3.8, 4) is 0 Å². The van der Waals surface area contributed by atoms with E-state index >= 15 is 0 Å². The second-order valence-electron chi connectivity index (χ2n) is 6.54. The Kier molecular flexibility index (Phi) is 5.86. The van der Waals surface area contributed by atoms with Crippen LogP contribution in [0.15, 0.2) is 6.20 Å². The molecule has 22 heavy (non-hydrogen) atoms. The van der Waals surface area contributed by atoms with Gasteiger partial charge in [0.05, 0.1) is 11.3 Å². The molecule has 0 saturated carbocycles. The lowest BCUT2D eigenvalue weighted by molar-refractivity contribution is -0.124. The number of nitrogens with one attached hydrogen (secondary N) is 1. The molecule has 1 fully saturated rings. The topological polar surface area (TPSA) is 80.0 Å². The first-order valence-electron chi connectivity index (χ1n) is 7.88. The molecule has 7 heteroatoms. The van der Waals surface area contributed by atoms with E-state index in [0.717, 1.165) is 30.0 Å². The van der Waals surface area contributed by atoms with Gasteiger partial charge in [-0.15, -0.1) is 5.10 Å². The molecule has 1 aliphatic heterocycles. The van der Waals surface area contributed by atoms with Crippen molar-refractivity contribution < 1.29 is 9.90 Å². The number of nitrogens with zero attached hydrogens (tertiary/aromatic N) is 3. The second-order valence-corrected chi connectivity index (χ2v) is 7.65. The van der Waals surface area contributed by atoms with E-state index in [2.05, 4.69) is 29.5 Å². The average molecular weight is 326 g/mol. The Hall–Kier alpha value is -1.08. The summed E-state index contributed by atoms with van der Waals surface area (Å²) in [6, 6.07) is -0.388. The van der Waals surface area contributed by atoms with E-state index in [-0.39, 0.29) is 11.9 Å². The molecule has 124 valence electrons. The first kappa shape index (κ1) is 17.3. The zero-order chi connectivity index (χ0) is 16.2. The van der Waals surface area contributed by atoms with Gasteiger partial charge < -0.3 is 10.4 Å². The second kappa shape index (κ2) is 7.46. The summed E-state index contributed by atoms with van der Waals surface area (Å²) in [4.78, 5) is 12.1. The number of hydrogen-bond donors (Lipinski definition) is 2. The van der Waals surface area contributed by atoms with E-state index < -0.39 is 5.60 Å². The summed E-state index contributed by atoms with van der Waals surface area (Å²) in [7, 11) is 0. The van der Waals surface area contributed by atoms with Crippen LogP contribution in [0.3, 0.4) is 0 Å². The Bertz CT molecular complexity index is 497. The van der Waals surface area contributed by atoms with Gasteiger partial charge in [-0.05, 0) is 31.4 Å². The maximum absolute atomic E-state index is 12.1. The van der Waals surface area contributed by atoms with Crippen molar-refractivity contribution in [2.24, 2.45) is 5.92 Å². The molecule has 6 nitrogen and oxygen atoms in total. The monoisotopic (exact) mass is 326 g/mol. The lowest BCUT2D eigenvalue weighted by Gasteiger charge is -2.19. The Morgan fingerprint density at radius 3 is 2.95 bits per heavy atom. The molecule has 1 aromatic heterocycles. The van der Waals surface area contributed by atoms with Crippen LogP contribution in [-0.2, 0) is 11.2 Å². The molecular formula is C15H26N4O2S. The molecule has 1 aliphatic rings. The standard InChI is InChI=1S/C15H26N4O2S/c1-11(2)4-6-16-14(20)12(3)19-9-13(17-18-19)8-15(21)5-7-22-10-15/h9,11-12,21H,4-8,10H2,1-3H3,(H,16,20). The molecule has 2 N–H and O–H groups in total. The zero-order valence-corrected chi connectivity index (χ0v) is 14.4. The van der Waals surface area contributed by atoms with Crippen molar-refractivity contribution in [3.63, 3.8) is 0 Å². The number of aromatic nitrogens is 3. The predicted octanol–water partition coefficient (Wildman–Crippen LogP) is 1.41. The molecular weight excluding hydrogens is 300 g/mol. The highest BCUT2D eigenvalue weighted by Gasteiger charge is 2.33. The maximum Gasteiger partial charge on any atom is 0.244 e. The largest absolute Gasteiger partial charge is 0.389 e. The molecule has 1 amide bonds. The van der Waals surface area contributed by atoms with E-state index in [4.69, 9.17) is 0 Å². The molecule has 0 aromatic carbocycles. The molecule has 2 heterocycles. The van der Waals surface area contributed by atoms with Crippen LogP contribution in [0.1, 0.15) is 45.3 Å². The highest BCUT2D eigenvalue weighted by molar-refractivity contribution is 7.99. The third kappa shape index (κ3) is 4.71. The number of carbonyl (C=O) groups is 1. The van der Waals surface area contributed by atoms with Gasteiger partial charge in [0.25, 0.3) is 0 Å². The molecule has 2 atom stereocenters. The summed E-state index contributed by atoms with van der Waals surface area (Å²) < 4.78 is 1.57. The van der Waals surface area contributed by atoms with Gasteiger partial charge in [0.15, 0.2) is 0 Å². The van der Waals surface area contributed by atoms with E-state index in [1.165, 1.54) is 0 Å². The number of hydrogen-bond acceptors (Lipinski definition) is 5. The first-order chi connectivity index (χ1) is 10.4. The van der Waals surface area contributed by atoms with E-state index in [0.29, 0.717) is 18.9 Å². The SMILES string of the molecule is CC(C)CCNC(=O)C(C)n1cc(CC2(O)CCSC2)nn1. The Morgan fingerprint density at radius 2 is 2.32 bits per heavy atom. The zero-order valence-electron chi connectivity index (χ0n) is 13.6. The number of aliphatic hydroxyl groups is 1. The van der Waals surface area contributed by atoms with Crippen LogP contribution in [0.5, 0.6) is 0 Å². The number of thioether (sulfide) groups is 1. The van der Waals surface area contributed by atoms with Gasteiger partial charge in [-0.2, -0.15) is 11.8 Å². The lowest BCUT2D eigenvalue weighted by Crippen LogP contribution is -2.32. The normalized spacial score (nSPS) is 23.0. The van der Waals surface area contributed by atoms with E-state index in [9.17, 15) is 9.90 Å². The third-order valence-electron chi connectivity index (χ3n) is 3.95. The maximum atomic E-state index is 12.1. The van der Waals surface area contributed by atoms with Crippen LogP contribution < -0.4 is 5.32 Å². The van der Waals surface area contributed by atoms with Crippen LogP contribution in [0.2, 0.25) is 0 Å². The molecule has 2 rings (SSSR count). The summed E-state index contributed by atoms with van der Waals surface area (Å²) in [6.07, 6.45) is 4.02. The number of amides is 1. The molecule has 0 radical (unpaired) electrons. The summed E-state index contributed by atoms with van der Waals surface area (Å²) in [5, 5.41) is 21.5. The Labute approximate surface area is 136 Å². The first-order valence-corrected chi connectivity index (χ1v) is 9.04. The fraction of sp³-hybridized carbons (Fsp3) is 0.800. The smallest absolute Gasteiger partial charge is 0.244 e. The van der Waals surface area contributed by atoms with Crippen molar-refractivity contribution in [1.82, 2.24) is 20.3 Å². The highest BCUT2D eigenvalue weighted by Crippen LogP contribution is 2.30. The average Bonchev–Trinajstić information content (AvgIpc) is 3.07. The predicted molar refractivity (Wildman–Crippen MR) is 87.8 cm³/mol. The van der Waals surface area contributed by atoms with Crippen LogP contribution >= 0.6 is 11.8 Å². The molecule has 1 saturated heterocycles. The molecule has 0 bridgehead atoms. The van der Waals surface area contributed by atoms with Crippen molar-refractivity contribution in [3.05, 3.63) is 11.9 Å². The Morgan fingerprint density at radius 1 is 1.55 bits per heavy atom. The highest BCUT2D eigenvalue weighted by atomic mass is 32.2. The minimum absolute atomic E-state index is 0.0489. The van der Waals surface area contributed by atoms with Gasteiger partial charge in [-0.1, -0.05) is 19.1 Å². The van der Waals surface area contributed by atoms with Crippen LogP contribution in [0.4, 0.5) is 0 Å². The minimum atomic E-state index is -0.672. The van der Waals surface area contributed by atoms with E-state index in [1.807, 2.05) is 6.92 Å². The minimum Gasteiger partial charge on any atom is -0.389 e. The van der Waals surface area contributed by atoms with Crippen molar-refractivity contribution in [2.75, 3.05) is 18.1 Å². The molecule has 1 aromatic rings. The third-order valence-corrected chi connectivity index (χ3v) is 5.18. The summed E-state index contributed by atoms with van der Waals surface area (Å²) in [5.41, 5.74) is 0.0701. The van der Waals surface area contributed by atoms with E-state index in [1.54, 1.807) is 22.6 Å². The van der Waals surface area contributed by atoms with Crippen LogP contribution in [-0.4, -0.2) is 49.7 Å². The van der Waals surface area contributed by atoms with Crippen molar-refractivity contribution >= 4 is 17.7 Å². The van der Waals surface area contributed by atoms with Crippen LogP contribution in [0, 0.1) is 5.92 Å². The summed E-state index contributed by atoms with van der Waals surface area (Å²) in [6.45, 7) is 6.75. The fourth-order valence-corrected chi connectivity index (χ4v) is 3.70. The van der Waals surface area contributed by atoms with Gasteiger partial charge in [0, 0.05) is 24.9 Å². The van der Waals surface area contributed by atoms with Gasteiger partial charge in [0.1, 0.15) is 6.04 Å². The van der Waals surface area contributed by atoms with Gasteiger partial charge in [0.2, 0.25) is 5.91 Å². The Balaban J connectivity index is 1.88. The summed E-state index contributed by atoms with van der Waals surface area (Å²) in [5.74, 6) is 2.25. The summed E-state index contributed by atoms with van der Waals surface area (Å²) >= 11 is 1.76. The molecule has 0 spiro atoms. The molecule has 0 aliphatic carbocycles. The number of rotatable bonds is 7. The number of carbonyl (C=O) groups excluding carboxylic acids is 1. The van der Waals surface area contributed by atoms with Crippen molar-refractivity contribution in [2.45, 2.75) is 51.7 Å². The quantitative estimate of drug-likeness (QED) is 0.792. The van der Waals surface area contributed by atoms with Gasteiger partial charge in [-0.3, -0.25) is 4.79 Å². The van der Waals surface area contributed by atoms with Gasteiger partial charge >= 0.3 is 0 Å². The lowest BCUT2D eigenvalue weighted by atomic mass is 9.98.